The molecule has 0 aliphatic rings. The van der Waals surface area contributed by atoms with Gasteiger partial charge in [-0.05, 0) is 17.7 Å². The zero-order valence-corrected chi connectivity index (χ0v) is 10.3. The van der Waals surface area contributed by atoms with E-state index in [1.165, 1.54) is 12.1 Å². The molecular formula is C11H9ClFN3S. The lowest BCUT2D eigenvalue weighted by Crippen LogP contribution is -2.17. The molecule has 0 radical (unpaired) electrons. The smallest absolute Gasteiger partial charge is 0.167 e. The summed E-state index contributed by atoms with van der Waals surface area (Å²) in [7, 11) is 0. The lowest BCUT2D eigenvalue weighted by Gasteiger charge is -2.08. The summed E-state index contributed by atoms with van der Waals surface area (Å²) in [6.07, 6.45) is 3.35. The number of aromatic nitrogens is 2. The average molecular weight is 270 g/mol. The van der Waals surface area contributed by atoms with Crippen LogP contribution in [-0.4, -0.2) is 14.5 Å². The quantitative estimate of drug-likeness (QED) is 0.870. The Hall–Kier alpha value is -1.46. The van der Waals surface area contributed by atoms with E-state index in [2.05, 4.69) is 4.98 Å². The SMILES string of the molecule is NC(=S)c1nccn1Cc1ccc(F)cc1Cl. The van der Waals surface area contributed by atoms with Crippen LogP contribution in [0.2, 0.25) is 5.02 Å². The minimum Gasteiger partial charge on any atom is -0.387 e. The van der Waals surface area contributed by atoms with Crippen LogP contribution in [0.5, 0.6) is 0 Å². The van der Waals surface area contributed by atoms with Gasteiger partial charge in [0.1, 0.15) is 10.8 Å². The van der Waals surface area contributed by atoms with Crippen LogP contribution in [-0.2, 0) is 6.54 Å². The molecule has 1 aromatic heterocycles. The number of thiocarbonyl (C=S) groups is 1. The fourth-order valence-electron chi connectivity index (χ4n) is 1.50. The van der Waals surface area contributed by atoms with E-state index in [0.29, 0.717) is 17.4 Å². The van der Waals surface area contributed by atoms with Gasteiger partial charge in [-0.25, -0.2) is 9.37 Å². The third-order valence-electron chi connectivity index (χ3n) is 2.29. The number of hydrogen-bond acceptors (Lipinski definition) is 2. The fourth-order valence-corrected chi connectivity index (χ4v) is 1.89. The molecule has 2 aromatic rings. The molecule has 0 spiro atoms. The molecule has 0 saturated carbocycles. The van der Waals surface area contributed by atoms with E-state index < -0.39 is 0 Å². The van der Waals surface area contributed by atoms with Crippen molar-refractivity contribution in [3.8, 4) is 0 Å². The third kappa shape index (κ3) is 2.62. The molecular weight excluding hydrogens is 261 g/mol. The van der Waals surface area contributed by atoms with E-state index >= 15 is 0 Å². The zero-order chi connectivity index (χ0) is 12.4. The van der Waals surface area contributed by atoms with Crippen molar-refractivity contribution in [1.29, 1.82) is 0 Å². The van der Waals surface area contributed by atoms with Gasteiger partial charge in [0, 0.05) is 17.4 Å². The van der Waals surface area contributed by atoms with Crippen molar-refractivity contribution in [2.45, 2.75) is 6.54 Å². The molecule has 0 fully saturated rings. The second kappa shape index (κ2) is 4.81. The molecule has 6 heteroatoms. The van der Waals surface area contributed by atoms with E-state index in [4.69, 9.17) is 29.6 Å². The molecule has 0 unspecified atom stereocenters. The number of nitrogens with two attached hydrogens (primary N) is 1. The van der Waals surface area contributed by atoms with E-state index in [9.17, 15) is 4.39 Å². The molecule has 0 amide bonds. The first-order valence-corrected chi connectivity index (χ1v) is 5.61. The van der Waals surface area contributed by atoms with Gasteiger partial charge in [0.25, 0.3) is 0 Å². The van der Waals surface area contributed by atoms with Crippen LogP contribution in [0, 0.1) is 5.82 Å². The summed E-state index contributed by atoms with van der Waals surface area (Å²) >= 11 is 10.8. The first kappa shape index (κ1) is 12.0. The predicted octanol–water partition coefficient (Wildman–Crippen LogP) is 2.36. The Morgan fingerprint density at radius 1 is 1.53 bits per heavy atom. The molecule has 2 N–H and O–H groups in total. The summed E-state index contributed by atoms with van der Waals surface area (Å²) in [6.45, 7) is 0.450. The maximum Gasteiger partial charge on any atom is 0.167 e. The molecule has 0 bridgehead atoms. The standard InChI is InChI=1S/C11H9ClFN3S/c12-9-5-8(13)2-1-7(9)6-16-4-3-15-11(16)10(14)17/h1-5H,6H2,(H2,14,17). The van der Waals surface area contributed by atoms with Crippen LogP contribution < -0.4 is 5.73 Å². The van der Waals surface area contributed by atoms with E-state index in [1.54, 1.807) is 23.0 Å². The van der Waals surface area contributed by atoms with Crippen molar-refractivity contribution in [2.75, 3.05) is 0 Å². The molecule has 1 aromatic carbocycles. The van der Waals surface area contributed by atoms with Gasteiger partial charge >= 0.3 is 0 Å². The number of nitrogens with zero attached hydrogens (tertiary/aromatic N) is 2. The summed E-state index contributed by atoms with van der Waals surface area (Å²) in [5, 5.41) is 0.368. The number of benzene rings is 1. The first-order chi connectivity index (χ1) is 8.08. The monoisotopic (exact) mass is 269 g/mol. The molecule has 88 valence electrons. The average Bonchev–Trinajstić information content (AvgIpc) is 2.70. The van der Waals surface area contributed by atoms with Gasteiger partial charge in [0.15, 0.2) is 5.82 Å². The number of rotatable bonds is 3. The highest BCUT2D eigenvalue weighted by molar-refractivity contribution is 7.80. The second-order valence-corrected chi connectivity index (χ2v) is 4.33. The van der Waals surface area contributed by atoms with Gasteiger partial charge < -0.3 is 10.3 Å². The predicted molar refractivity (Wildman–Crippen MR) is 68.6 cm³/mol. The summed E-state index contributed by atoms with van der Waals surface area (Å²) < 4.78 is 14.7. The van der Waals surface area contributed by atoms with Crippen LogP contribution in [0.1, 0.15) is 11.4 Å². The Morgan fingerprint density at radius 3 is 2.94 bits per heavy atom. The van der Waals surface area contributed by atoms with Crippen molar-refractivity contribution in [3.05, 3.63) is 52.8 Å². The molecule has 0 atom stereocenters. The summed E-state index contributed by atoms with van der Waals surface area (Å²) in [6, 6.07) is 4.26. The Kier molecular flexibility index (Phi) is 3.40. The van der Waals surface area contributed by atoms with Crippen LogP contribution in [0.3, 0.4) is 0 Å². The molecule has 0 saturated heterocycles. The van der Waals surface area contributed by atoms with Crippen LogP contribution in [0.15, 0.2) is 30.6 Å². The highest BCUT2D eigenvalue weighted by Crippen LogP contribution is 2.18. The highest BCUT2D eigenvalue weighted by Gasteiger charge is 2.08. The molecule has 17 heavy (non-hydrogen) atoms. The van der Waals surface area contributed by atoms with Crippen molar-refractivity contribution in [1.82, 2.24) is 9.55 Å². The van der Waals surface area contributed by atoms with Crippen LogP contribution >= 0.6 is 23.8 Å². The van der Waals surface area contributed by atoms with Crippen LogP contribution in [0.25, 0.3) is 0 Å². The summed E-state index contributed by atoms with van der Waals surface area (Å²) in [4.78, 5) is 4.25. The number of hydrogen-bond donors (Lipinski definition) is 1. The lowest BCUT2D eigenvalue weighted by molar-refractivity contribution is 0.626. The molecule has 0 aliphatic heterocycles. The fraction of sp³-hybridized carbons (Fsp3) is 0.0909. The van der Waals surface area contributed by atoms with Gasteiger partial charge in [-0.3, -0.25) is 0 Å². The normalized spacial score (nSPS) is 10.5. The number of halogens is 2. The van der Waals surface area contributed by atoms with Crippen LogP contribution in [0.4, 0.5) is 4.39 Å². The Morgan fingerprint density at radius 2 is 2.29 bits per heavy atom. The Labute approximate surface area is 108 Å². The van der Waals surface area contributed by atoms with Crippen molar-refractivity contribution in [2.24, 2.45) is 5.73 Å². The van der Waals surface area contributed by atoms with Gasteiger partial charge in [-0.2, -0.15) is 0 Å². The van der Waals surface area contributed by atoms with E-state index in [-0.39, 0.29) is 10.8 Å². The minimum atomic E-state index is -0.362. The van der Waals surface area contributed by atoms with E-state index in [1.807, 2.05) is 0 Å². The maximum atomic E-state index is 12.9. The summed E-state index contributed by atoms with van der Waals surface area (Å²) in [5.41, 5.74) is 6.31. The van der Waals surface area contributed by atoms with Crippen molar-refractivity contribution in [3.63, 3.8) is 0 Å². The molecule has 1 heterocycles. The topological polar surface area (TPSA) is 43.8 Å². The second-order valence-electron chi connectivity index (χ2n) is 3.48. The van der Waals surface area contributed by atoms with Gasteiger partial charge in [-0.15, -0.1) is 0 Å². The molecule has 2 rings (SSSR count). The Balaban J connectivity index is 2.31. The van der Waals surface area contributed by atoms with Gasteiger partial charge in [-0.1, -0.05) is 29.9 Å². The first-order valence-electron chi connectivity index (χ1n) is 4.83. The molecule has 0 aliphatic carbocycles. The number of imidazole rings is 1. The minimum absolute atomic E-state index is 0.216. The Bertz CT molecular complexity index is 568. The maximum absolute atomic E-state index is 12.9. The third-order valence-corrected chi connectivity index (χ3v) is 2.83. The lowest BCUT2D eigenvalue weighted by atomic mass is 10.2. The van der Waals surface area contributed by atoms with Crippen molar-refractivity contribution < 1.29 is 4.39 Å². The highest BCUT2D eigenvalue weighted by atomic mass is 35.5. The van der Waals surface area contributed by atoms with Gasteiger partial charge in [0.05, 0.1) is 6.54 Å². The molecule has 3 nitrogen and oxygen atoms in total. The summed E-state index contributed by atoms with van der Waals surface area (Å²) in [5.74, 6) is 0.152. The van der Waals surface area contributed by atoms with E-state index in [0.717, 1.165) is 5.56 Å². The largest absolute Gasteiger partial charge is 0.387 e. The zero-order valence-electron chi connectivity index (χ0n) is 8.73. The van der Waals surface area contributed by atoms with Crippen molar-refractivity contribution >= 4 is 28.8 Å². The van der Waals surface area contributed by atoms with Gasteiger partial charge in [0.2, 0.25) is 0 Å².